The number of thioether (sulfide) groups is 1. The van der Waals surface area contributed by atoms with Crippen LogP contribution in [-0.2, 0) is 11.9 Å². The second-order valence-corrected chi connectivity index (χ2v) is 7.88. The number of methoxy groups -OCH3 is 1. The summed E-state index contributed by atoms with van der Waals surface area (Å²) in [4.78, 5) is 19.9. The molecule has 9 heteroatoms. The average molecular weight is 469 g/mol. The molecule has 2 aromatic heterocycles. The summed E-state index contributed by atoms with van der Waals surface area (Å²) in [5, 5.41) is 9.40. The van der Waals surface area contributed by atoms with E-state index < -0.39 is 11.9 Å². The van der Waals surface area contributed by atoms with Crippen LogP contribution in [0.5, 0.6) is 5.75 Å². The van der Waals surface area contributed by atoms with Gasteiger partial charge in [0.2, 0.25) is 0 Å². The molecule has 0 aliphatic heterocycles. The second kappa shape index (κ2) is 10.3. The summed E-state index contributed by atoms with van der Waals surface area (Å²) < 4.78 is 44.9. The summed E-state index contributed by atoms with van der Waals surface area (Å²) in [6, 6.07) is 11.4. The number of nitriles is 1. The van der Waals surface area contributed by atoms with Crippen molar-refractivity contribution in [3.05, 3.63) is 88.4 Å². The SMILES string of the molecule is COc1ccc(/C=C/C(=O)c2cccnc2)cc1CSc1nc(C(F)(F)F)cc(C)c1C#N. The Hall–Kier alpha value is -3.64. The number of hydrogen-bond donors (Lipinski definition) is 0. The molecule has 5 nitrogen and oxygen atoms in total. The first-order valence-electron chi connectivity index (χ1n) is 9.64. The quantitative estimate of drug-likeness (QED) is 0.245. The molecular formula is C24H18F3N3O2S. The lowest BCUT2D eigenvalue weighted by atomic mass is 10.1. The van der Waals surface area contributed by atoms with Crippen LogP contribution in [0.15, 0.2) is 59.9 Å². The fourth-order valence-corrected chi connectivity index (χ4v) is 4.00. The third kappa shape index (κ3) is 5.99. The highest BCUT2D eigenvalue weighted by atomic mass is 32.2. The summed E-state index contributed by atoms with van der Waals surface area (Å²) in [5.41, 5.74) is 1.11. The Bertz CT molecular complexity index is 1240. The van der Waals surface area contributed by atoms with Crippen molar-refractivity contribution in [3.8, 4) is 11.8 Å². The number of hydrogen-bond acceptors (Lipinski definition) is 6. The predicted molar refractivity (Wildman–Crippen MR) is 119 cm³/mol. The summed E-state index contributed by atoms with van der Waals surface area (Å²) in [7, 11) is 1.48. The zero-order valence-electron chi connectivity index (χ0n) is 17.7. The molecule has 3 rings (SSSR count). The van der Waals surface area contributed by atoms with E-state index in [1.165, 1.54) is 26.3 Å². The Kier molecular flexibility index (Phi) is 7.51. The highest BCUT2D eigenvalue weighted by molar-refractivity contribution is 7.98. The molecule has 0 saturated heterocycles. The summed E-state index contributed by atoms with van der Waals surface area (Å²) in [5.74, 6) is 0.529. The predicted octanol–water partition coefficient (Wildman–Crippen LogP) is 5.87. The molecule has 33 heavy (non-hydrogen) atoms. The summed E-state index contributed by atoms with van der Waals surface area (Å²) in [6.45, 7) is 1.45. The highest BCUT2D eigenvalue weighted by Gasteiger charge is 2.34. The average Bonchev–Trinajstić information content (AvgIpc) is 2.80. The van der Waals surface area contributed by atoms with Gasteiger partial charge >= 0.3 is 6.18 Å². The van der Waals surface area contributed by atoms with Crippen molar-refractivity contribution in [2.75, 3.05) is 7.11 Å². The fraction of sp³-hybridized carbons (Fsp3) is 0.167. The molecule has 0 aliphatic rings. The molecule has 0 bridgehead atoms. The first kappa shape index (κ1) is 24.0. The van der Waals surface area contributed by atoms with Crippen LogP contribution >= 0.6 is 11.8 Å². The van der Waals surface area contributed by atoms with Crippen LogP contribution in [0.25, 0.3) is 6.08 Å². The topological polar surface area (TPSA) is 75.9 Å². The van der Waals surface area contributed by atoms with Gasteiger partial charge in [0, 0.05) is 29.3 Å². The molecule has 0 spiro atoms. The van der Waals surface area contributed by atoms with Crippen LogP contribution in [-0.4, -0.2) is 22.9 Å². The number of benzene rings is 1. The van der Waals surface area contributed by atoms with Crippen LogP contribution in [0.2, 0.25) is 0 Å². The number of pyridine rings is 2. The Morgan fingerprint density at radius 1 is 1.27 bits per heavy atom. The minimum Gasteiger partial charge on any atom is -0.496 e. The van der Waals surface area contributed by atoms with Crippen LogP contribution in [0.3, 0.4) is 0 Å². The third-order valence-electron chi connectivity index (χ3n) is 4.63. The van der Waals surface area contributed by atoms with Crippen LogP contribution in [0, 0.1) is 18.3 Å². The molecule has 1 aromatic carbocycles. The lowest BCUT2D eigenvalue weighted by molar-refractivity contribution is -0.141. The van der Waals surface area contributed by atoms with Crippen molar-refractivity contribution in [3.63, 3.8) is 0 Å². The van der Waals surface area contributed by atoms with Crippen molar-refractivity contribution in [2.45, 2.75) is 23.9 Å². The van der Waals surface area contributed by atoms with E-state index in [0.29, 0.717) is 22.4 Å². The van der Waals surface area contributed by atoms with Gasteiger partial charge in [0.15, 0.2) is 5.78 Å². The van der Waals surface area contributed by atoms with E-state index in [1.54, 1.807) is 42.6 Å². The zero-order valence-corrected chi connectivity index (χ0v) is 18.5. The number of carbonyl (C=O) groups excluding carboxylic acids is 1. The van der Waals surface area contributed by atoms with E-state index >= 15 is 0 Å². The van der Waals surface area contributed by atoms with Gasteiger partial charge < -0.3 is 4.74 Å². The van der Waals surface area contributed by atoms with Crippen molar-refractivity contribution < 1.29 is 22.7 Å². The van der Waals surface area contributed by atoms with Crippen molar-refractivity contribution in [1.29, 1.82) is 5.26 Å². The molecule has 0 N–H and O–H groups in total. The van der Waals surface area contributed by atoms with Gasteiger partial charge in [0.1, 0.15) is 22.5 Å². The van der Waals surface area contributed by atoms with E-state index in [0.717, 1.165) is 17.8 Å². The Labute approximate surface area is 193 Å². The maximum absolute atomic E-state index is 13.2. The molecule has 3 aromatic rings. The number of rotatable bonds is 7. The van der Waals surface area contributed by atoms with Crippen molar-refractivity contribution in [2.24, 2.45) is 0 Å². The number of aromatic nitrogens is 2. The summed E-state index contributed by atoms with van der Waals surface area (Å²) in [6.07, 6.45) is 1.49. The first-order chi connectivity index (χ1) is 15.7. The second-order valence-electron chi connectivity index (χ2n) is 6.91. The first-order valence-corrected chi connectivity index (χ1v) is 10.6. The van der Waals surface area contributed by atoms with Gasteiger partial charge in [0.25, 0.3) is 0 Å². The molecular weight excluding hydrogens is 451 g/mol. The van der Waals surface area contributed by atoms with Crippen molar-refractivity contribution in [1.82, 2.24) is 9.97 Å². The smallest absolute Gasteiger partial charge is 0.433 e. The Morgan fingerprint density at radius 2 is 2.06 bits per heavy atom. The Balaban J connectivity index is 1.86. The zero-order chi connectivity index (χ0) is 24.0. The van der Waals surface area contributed by atoms with Gasteiger partial charge in [-0.05, 0) is 54.5 Å². The number of halogens is 3. The number of aryl methyl sites for hydroxylation is 1. The number of nitrogens with zero attached hydrogens (tertiary/aromatic N) is 3. The summed E-state index contributed by atoms with van der Waals surface area (Å²) >= 11 is 1.02. The minimum absolute atomic E-state index is 0.000390. The van der Waals surface area contributed by atoms with Gasteiger partial charge in [0.05, 0.1) is 12.7 Å². The van der Waals surface area contributed by atoms with E-state index in [2.05, 4.69) is 9.97 Å². The number of ketones is 1. The molecule has 0 amide bonds. The van der Waals surface area contributed by atoms with Crippen LogP contribution in [0.1, 0.15) is 38.3 Å². The van der Waals surface area contributed by atoms with Crippen molar-refractivity contribution >= 4 is 23.6 Å². The fourth-order valence-electron chi connectivity index (χ4n) is 2.97. The molecule has 0 aliphatic carbocycles. The monoisotopic (exact) mass is 469 g/mol. The third-order valence-corrected chi connectivity index (χ3v) is 5.65. The van der Waals surface area contributed by atoms with Crippen LogP contribution in [0.4, 0.5) is 13.2 Å². The largest absolute Gasteiger partial charge is 0.496 e. The van der Waals surface area contributed by atoms with E-state index in [9.17, 15) is 23.2 Å². The van der Waals surface area contributed by atoms with E-state index in [1.807, 2.05) is 6.07 Å². The lowest BCUT2D eigenvalue weighted by Gasteiger charge is -2.13. The number of ether oxygens (including phenoxy) is 1. The molecule has 0 saturated carbocycles. The van der Waals surface area contributed by atoms with Gasteiger partial charge in [-0.3, -0.25) is 9.78 Å². The van der Waals surface area contributed by atoms with E-state index in [4.69, 9.17) is 4.74 Å². The standard InChI is InChI=1S/C24H18F3N3O2S/c1-15-10-22(24(25,26)27)30-23(19(15)12-28)33-14-18-11-16(6-8-21(18)32-2)5-7-20(31)17-4-3-9-29-13-17/h3-11,13H,14H2,1-2H3/b7-5+. The molecule has 0 unspecified atom stereocenters. The normalized spacial score (nSPS) is 11.4. The van der Waals surface area contributed by atoms with Gasteiger partial charge in [-0.1, -0.05) is 12.1 Å². The molecule has 0 atom stereocenters. The Morgan fingerprint density at radius 3 is 2.70 bits per heavy atom. The molecule has 2 heterocycles. The number of carbonyl (C=O) groups is 1. The number of alkyl halides is 3. The van der Waals surface area contributed by atoms with Gasteiger partial charge in [-0.15, -0.1) is 11.8 Å². The molecule has 168 valence electrons. The lowest BCUT2D eigenvalue weighted by Crippen LogP contribution is -2.10. The number of allylic oxidation sites excluding steroid dienone is 1. The van der Waals surface area contributed by atoms with E-state index in [-0.39, 0.29) is 27.7 Å². The molecule has 0 radical (unpaired) electrons. The highest BCUT2D eigenvalue weighted by Crippen LogP contribution is 2.35. The molecule has 0 fully saturated rings. The van der Waals surface area contributed by atoms with Crippen LogP contribution < -0.4 is 4.74 Å². The maximum Gasteiger partial charge on any atom is 0.433 e. The minimum atomic E-state index is -4.61. The van der Waals surface area contributed by atoms with Gasteiger partial charge in [-0.2, -0.15) is 18.4 Å². The maximum atomic E-state index is 13.2. The van der Waals surface area contributed by atoms with Gasteiger partial charge in [-0.25, -0.2) is 4.98 Å².